The molecule has 0 bridgehead atoms. The molecule has 0 unspecified atom stereocenters. The summed E-state index contributed by atoms with van der Waals surface area (Å²) in [5, 5.41) is 13.1. The smallest absolute Gasteiger partial charge is 0.328 e. The van der Waals surface area contributed by atoms with Crippen LogP contribution in [-0.2, 0) is 11.2 Å². The number of thiophene rings is 2. The van der Waals surface area contributed by atoms with E-state index in [1.165, 1.54) is 22.3 Å². The molecule has 1 amide bonds. The van der Waals surface area contributed by atoms with E-state index in [1.54, 1.807) is 22.8 Å². The molecular formula is C14H12BrNO3S2. The van der Waals surface area contributed by atoms with Gasteiger partial charge in [0, 0.05) is 27.8 Å². The lowest BCUT2D eigenvalue weighted by molar-refractivity contribution is -0.131. The lowest BCUT2D eigenvalue weighted by atomic mass is 10.2. The van der Waals surface area contributed by atoms with Gasteiger partial charge in [-0.1, -0.05) is 0 Å². The van der Waals surface area contributed by atoms with Gasteiger partial charge in [-0.3, -0.25) is 4.79 Å². The summed E-state index contributed by atoms with van der Waals surface area (Å²) in [5.41, 5.74) is 0.553. The number of rotatable bonds is 6. The van der Waals surface area contributed by atoms with Crippen LogP contribution in [0.15, 0.2) is 33.4 Å². The molecule has 0 saturated heterocycles. The molecule has 2 aromatic rings. The fourth-order valence-corrected chi connectivity index (χ4v) is 3.86. The number of hydrogen-bond acceptors (Lipinski definition) is 4. The molecule has 0 spiro atoms. The van der Waals surface area contributed by atoms with Crippen molar-refractivity contribution in [2.24, 2.45) is 0 Å². The number of aliphatic carboxylic acids is 1. The number of amides is 1. The summed E-state index contributed by atoms with van der Waals surface area (Å²) in [4.78, 5) is 24.3. The lowest BCUT2D eigenvalue weighted by Crippen LogP contribution is -2.24. The molecule has 4 nitrogen and oxygen atoms in total. The molecule has 0 aliphatic heterocycles. The van der Waals surface area contributed by atoms with Crippen LogP contribution in [0.1, 0.15) is 20.1 Å². The highest BCUT2D eigenvalue weighted by atomic mass is 79.9. The maximum atomic E-state index is 11.9. The van der Waals surface area contributed by atoms with Crippen molar-refractivity contribution in [3.63, 3.8) is 0 Å². The van der Waals surface area contributed by atoms with Gasteiger partial charge in [0.05, 0.1) is 9.35 Å². The van der Waals surface area contributed by atoms with E-state index in [-0.39, 0.29) is 5.91 Å². The highest BCUT2D eigenvalue weighted by Gasteiger charge is 2.07. The van der Waals surface area contributed by atoms with Crippen LogP contribution >= 0.6 is 38.6 Å². The second-order valence-electron chi connectivity index (χ2n) is 4.12. The highest BCUT2D eigenvalue weighted by molar-refractivity contribution is 9.11. The van der Waals surface area contributed by atoms with Gasteiger partial charge in [-0.15, -0.1) is 22.7 Å². The van der Waals surface area contributed by atoms with E-state index in [9.17, 15) is 9.59 Å². The second kappa shape index (κ2) is 7.53. The molecule has 21 heavy (non-hydrogen) atoms. The summed E-state index contributed by atoms with van der Waals surface area (Å²) in [6, 6.07) is 5.70. The van der Waals surface area contributed by atoms with E-state index in [1.807, 2.05) is 12.1 Å². The van der Waals surface area contributed by atoms with Crippen LogP contribution in [0.5, 0.6) is 0 Å². The summed E-state index contributed by atoms with van der Waals surface area (Å²) in [7, 11) is 0. The predicted molar refractivity (Wildman–Crippen MR) is 89.0 cm³/mol. The van der Waals surface area contributed by atoms with Gasteiger partial charge in [0.15, 0.2) is 0 Å². The molecule has 0 fully saturated rings. The first-order chi connectivity index (χ1) is 10.0. The summed E-state index contributed by atoms with van der Waals surface area (Å²) in [6.45, 7) is 0.571. The second-order valence-corrected chi connectivity index (χ2v) is 7.61. The SMILES string of the molecule is O=C(O)/C=C/c1cc(C(=O)NCCc2ccc(Br)s2)cs1. The first kappa shape index (κ1) is 15.9. The third-order valence-corrected chi connectivity index (χ3v) is 5.14. The first-order valence-corrected chi connectivity index (χ1v) is 8.55. The fourth-order valence-electron chi connectivity index (χ4n) is 1.60. The zero-order chi connectivity index (χ0) is 15.2. The van der Waals surface area contributed by atoms with Crippen molar-refractivity contribution >= 4 is 56.6 Å². The largest absolute Gasteiger partial charge is 0.478 e. The zero-order valence-corrected chi connectivity index (χ0v) is 14.1. The quantitative estimate of drug-likeness (QED) is 0.745. The summed E-state index contributed by atoms with van der Waals surface area (Å²) in [6.07, 6.45) is 3.33. The molecule has 110 valence electrons. The standard InChI is InChI=1S/C14H12BrNO3S2/c15-12-3-1-10(21-12)5-6-16-14(19)9-7-11(20-8-9)2-4-13(17)18/h1-4,7-8H,5-6H2,(H,16,19)(H,17,18)/b4-2+. The Hall–Kier alpha value is -1.44. The average Bonchev–Trinajstić information content (AvgIpc) is 3.05. The molecule has 2 heterocycles. The molecule has 0 saturated carbocycles. The number of carbonyl (C=O) groups excluding carboxylic acids is 1. The molecule has 7 heteroatoms. The molecule has 2 N–H and O–H groups in total. The average molecular weight is 386 g/mol. The van der Waals surface area contributed by atoms with Gasteiger partial charge in [-0.25, -0.2) is 4.79 Å². The fraction of sp³-hybridized carbons (Fsp3) is 0.143. The van der Waals surface area contributed by atoms with Gasteiger partial charge in [0.1, 0.15) is 0 Å². The van der Waals surface area contributed by atoms with Crippen LogP contribution in [-0.4, -0.2) is 23.5 Å². The zero-order valence-electron chi connectivity index (χ0n) is 10.8. The molecule has 0 aliphatic rings. The monoisotopic (exact) mass is 385 g/mol. The topological polar surface area (TPSA) is 66.4 Å². The Labute approximate surface area is 138 Å². The van der Waals surface area contributed by atoms with Crippen LogP contribution < -0.4 is 5.32 Å². The molecule has 0 atom stereocenters. The lowest BCUT2D eigenvalue weighted by Gasteiger charge is -2.01. The number of carbonyl (C=O) groups is 2. The maximum Gasteiger partial charge on any atom is 0.328 e. The molecule has 0 radical (unpaired) electrons. The number of carboxylic acids is 1. The Morgan fingerprint density at radius 2 is 2.19 bits per heavy atom. The number of halogens is 1. The summed E-state index contributed by atoms with van der Waals surface area (Å²) >= 11 is 6.39. The minimum Gasteiger partial charge on any atom is -0.478 e. The summed E-state index contributed by atoms with van der Waals surface area (Å²) < 4.78 is 1.08. The maximum absolute atomic E-state index is 11.9. The normalized spacial score (nSPS) is 10.9. The Morgan fingerprint density at radius 1 is 1.38 bits per heavy atom. The van der Waals surface area contributed by atoms with Crippen LogP contribution in [0.25, 0.3) is 6.08 Å². The third kappa shape index (κ3) is 5.11. The molecule has 2 rings (SSSR count). The van der Waals surface area contributed by atoms with Crippen LogP contribution in [0.4, 0.5) is 0 Å². The molecular weight excluding hydrogens is 374 g/mol. The van der Waals surface area contributed by atoms with Crippen LogP contribution in [0.2, 0.25) is 0 Å². The van der Waals surface area contributed by atoms with Crippen LogP contribution in [0, 0.1) is 0 Å². The van der Waals surface area contributed by atoms with Gasteiger partial charge in [0.25, 0.3) is 5.91 Å². The van der Waals surface area contributed by atoms with E-state index in [0.717, 1.165) is 21.2 Å². The van der Waals surface area contributed by atoms with Gasteiger partial charge < -0.3 is 10.4 Å². The third-order valence-electron chi connectivity index (χ3n) is 2.56. The number of carboxylic acid groups (broad SMARTS) is 1. The van der Waals surface area contributed by atoms with Gasteiger partial charge >= 0.3 is 5.97 Å². The van der Waals surface area contributed by atoms with Crippen molar-refractivity contribution in [2.45, 2.75) is 6.42 Å². The Bertz CT molecular complexity index is 675. The van der Waals surface area contributed by atoms with E-state index in [0.29, 0.717) is 12.1 Å². The Kier molecular flexibility index (Phi) is 5.72. The van der Waals surface area contributed by atoms with Gasteiger partial charge in [-0.2, -0.15) is 0 Å². The Morgan fingerprint density at radius 3 is 2.86 bits per heavy atom. The highest BCUT2D eigenvalue weighted by Crippen LogP contribution is 2.22. The van der Waals surface area contributed by atoms with Crippen molar-refractivity contribution in [3.8, 4) is 0 Å². The van der Waals surface area contributed by atoms with E-state index in [2.05, 4.69) is 21.2 Å². The molecule has 0 aliphatic carbocycles. The Balaban J connectivity index is 1.84. The first-order valence-electron chi connectivity index (χ1n) is 6.06. The van der Waals surface area contributed by atoms with Crippen molar-refractivity contribution in [1.29, 1.82) is 0 Å². The van der Waals surface area contributed by atoms with Crippen molar-refractivity contribution in [3.05, 3.63) is 48.8 Å². The van der Waals surface area contributed by atoms with Crippen molar-refractivity contribution < 1.29 is 14.7 Å². The van der Waals surface area contributed by atoms with Crippen molar-refractivity contribution in [1.82, 2.24) is 5.32 Å². The number of hydrogen-bond donors (Lipinski definition) is 2. The minimum atomic E-state index is -1.00. The number of nitrogens with one attached hydrogen (secondary N) is 1. The van der Waals surface area contributed by atoms with Gasteiger partial charge in [-0.05, 0) is 46.6 Å². The minimum absolute atomic E-state index is 0.142. The van der Waals surface area contributed by atoms with Crippen LogP contribution in [0.3, 0.4) is 0 Å². The molecule has 2 aromatic heterocycles. The van der Waals surface area contributed by atoms with E-state index >= 15 is 0 Å². The summed E-state index contributed by atoms with van der Waals surface area (Å²) in [5.74, 6) is -1.15. The van der Waals surface area contributed by atoms with E-state index in [4.69, 9.17) is 5.11 Å². The van der Waals surface area contributed by atoms with E-state index < -0.39 is 5.97 Å². The predicted octanol–water partition coefficient (Wildman–Crippen LogP) is 3.64. The van der Waals surface area contributed by atoms with Gasteiger partial charge in [0.2, 0.25) is 0 Å². The molecule has 0 aromatic carbocycles. The van der Waals surface area contributed by atoms with Crippen molar-refractivity contribution in [2.75, 3.05) is 6.54 Å².